The Kier molecular flexibility index (Phi) is 5.04. The van der Waals surface area contributed by atoms with Crippen LogP contribution in [-0.4, -0.2) is 18.0 Å². The zero-order valence-corrected chi connectivity index (χ0v) is 13.6. The zero-order chi connectivity index (χ0) is 15.6. The van der Waals surface area contributed by atoms with E-state index >= 15 is 0 Å². The Hall–Kier alpha value is -1.35. The van der Waals surface area contributed by atoms with Crippen molar-refractivity contribution in [3.05, 3.63) is 35.4 Å². The van der Waals surface area contributed by atoms with Crippen LogP contribution in [0.1, 0.15) is 51.2 Å². The number of amides is 1. The first-order chi connectivity index (χ1) is 9.88. The van der Waals surface area contributed by atoms with Gasteiger partial charge in [0.2, 0.25) is 5.91 Å². The second-order valence-electron chi connectivity index (χ2n) is 6.92. The molecule has 21 heavy (non-hydrogen) atoms. The van der Waals surface area contributed by atoms with Gasteiger partial charge in [0.05, 0.1) is 5.92 Å². The minimum absolute atomic E-state index is 0.0778. The third kappa shape index (κ3) is 3.85. The standard InChI is InChI=1S/C18H28N2O/c1-11(2)15-7-5-14(6-8-15)10-16-17(18(19)21)12(3)9-13(4)20-16/h5-8,11-13,16-17,20H,9-10H2,1-4H3,(H2,19,21). The molecule has 3 heteroatoms. The van der Waals surface area contributed by atoms with E-state index in [1.54, 1.807) is 0 Å². The first kappa shape index (κ1) is 16.0. The van der Waals surface area contributed by atoms with E-state index < -0.39 is 0 Å². The van der Waals surface area contributed by atoms with Crippen LogP contribution in [0.4, 0.5) is 0 Å². The molecule has 1 aliphatic heterocycles. The summed E-state index contributed by atoms with van der Waals surface area (Å²) >= 11 is 0. The Balaban J connectivity index is 2.13. The number of benzene rings is 1. The fraction of sp³-hybridized carbons (Fsp3) is 0.611. The summed E-state index contributed by atoms with van der Waals surface area (Å²) in [6.07, 6.45) is 1.87. The van der Waals surface area contributed by atoms with Crippen LogP contribution in [0.2, 0.25) is 0 Å². The van der Waals surface area contributed by atoms with Gasteiger partial charge in [-0.25, -0.2) is 0 Å². The van der Waals surface area contributed by atoms with Crippen molar-refractivity contribution in [1.82, 2.24) is 5.32 Å². The van der Waals surface area contributed by atoms with Crippen molar-refractivity contribution in [2.45, 2.75) is 58.5 Å². The van der Waals surface area contributed by atoms with Crippen LogP contribution < -0.4 is 11.1 Å². The predicted octanol–water partition coefficient (Wildman–Crippen LogP) is 2.84. The molecule has 1 amide bonds. The van der Waals surface area contributed by atoms with Crippen molar-refractivity contribution in [1.29, 1.82) is 0 Å². The molecule has 3 nitrogen and oxygen atoms in total. The van der Waals surface area contributed by atoms with Crippen molar-refractivity contribution < 1.29 is 4.79 Å². The lowest BCUT2D eigenvalue weighted by Crippen LogP contribution is -2.55. The molecule has 1 heterocycles. The number of rotatable bonds is 4. The van der Waals surface area contributed by atoms with E-state index in [2.05, 4.69) is 57.3 Å². The molecule has 1 aromatic rings. The largest absolute Gasteiger partial charge is 0.369 e. The number of nitrogens with two attached hydrogens (primary N) is 1. The Morgan fingerprint density at radius 3 is 2.43 bits per heavy atom. The van der Waals surface area contributed by atoms with Crippen LogP contribution >= 0.6 is 0 Å². The average molecular weight is 288 g/mol. The molecule has 0 aromatic heterocycles. The van der Waals surface area contributed by atoms with Crippen molar-refractivity contribution in [3.8, 4) is 0 Å². The molecule has 0 bridgehead atoms. The van der Waals surface area contributed by atoms with Gasteiger partial charge in [0.1, 0.15) is 0 Å². The lowest BCUT2D eigenvalue weighted by atomic mass is 9.77. The normalized spacial score (nSPS) is 29.6. The zero-order valence-electron chi connectivity index (χ0n) is 13.6. The average Bonchev–Trinajstić information content (AvgIpc) is 2.37. The second-order valence-corrected chi connectivity index (χ2v) is 6.92. The molecule has 4 unspecified atom stereocenters. The molecular weight excluding hydrogens is 260 g/mol. The number of carbonyl (C=O) groups excluding carboxylic acids is 1. The molecule has 2 rings (SSSR count). The van der Waals surface area contributed by atoms with Gasteiger partial charge >= 0.3 is 0 Å². The van der Waals surface area contributed by atoms with Gasteiger partial charge < -0.3 is 11.1 Å². The molecular formula is C18H28N2O. The van der Waals surface area contributed by atoms with E-state index in [9.17, 15) is 4.79 Å². The van der Waals surface area contributed by atoms with Gasteiger partial charge in [-0.2, -0.15) is 0 Å². The Labute approximate surface area is 128 Å². The van der Waals surface area contributed by atoms with Crippen molar-refractivity contribution >= 4 is 5.91 Å². The molecule has 1 aliphatic rings. The van der Waals surface area contributed by atoms with Crippen LogP contribution in [-0.2, 0) is 11.2 Å². The van der Waals surface area contributed by atoms with E-state index in [0.717, 1.165) is 12.8 Å². The minimum atomic E-state index is -0.175. The Morgan fingerprint density at radius 2 is 1.90 bits per heavy atom. The number of carbonyl (C=O) groups is 1. The van der Waals surface area contributed by atoms with Crippen LogP contribution in [0.15, 0.2) is 24.3 Å². The van der Waals surface area contributed by atoms with E-state index in [1.807, 2.05) is 0 Å². The molecule has 0 radical (unpaired) electrons. The van der Waals surface area contributed by atoms with Crippen molar-refractivity contribution in [3.63, 3.8) is 0 Å². The number of hydrogen-bond acceptors (Lipinski definition) is 2. The molecule has 0 saturated carbocycles. The summed E-state index contributed by atoms with van der Waals surface area (Å²) in [4.78, 5) is 11.8. The van der Waals surface area contributed by atoms with E-state index in [0.29, 0.717) is 17.9 Å². The molecule has 0 aliphatic carbocycles. The highest BCUT2D eigenvalue weighted by Gasteiger charge is 2.37. The number of hydrogen-bond donors (Lipinski definition) is 2. The SMILES string of the molecule is CC1CC(C)C(C(N)=O)C(Cc2ccc(C(C)C)cc2)N1. The fourth-order valence-electron chi connectivity index (χ4n) is 3.60. The maximum Gasteiger partial charge on any atom is 0.222 e. The maximum atomic E-state index is 11.8. The first-order valence-corrected chi connectivity index (χ1v) is 8.02. The predicted molar refractivity (Wildman–Crippen MR) is 87.1 cm³/mol. The summed E-state index contributed by atoms with van der Waals surface area (Å²) in [6.45, 7) is 8.72. The Morgan fingerprint density at radius 1 is 1.29 bits per heavy atom. The molecule has 4 atom stereocenters. The van der Waals surface area contributed by atoms with E-state index in [1.165, 1.54) is 11.1 Å². The van der Waals surface area contributed by atoms with Crippen LogP contribution in [0.25, 0.3) is 0 Å². The van der Waals surface area contributed by atoms with Gasteiger partial charge in [0, 0.05) is 12.1 Å². The minimum Gasteiger partial charge on any atom is -0.369 e. The quantitative estimate of drug-likeness (QED) is 0.895. The molecule has 1 aromatic carbocycles. The topological polar surface area (TPSA) is 55.1 Å². The molecule has 1 fully saturated rings. The van der Waals surface area contributed by atoms with Crippen LogP contribution in [0.5, 0.6) is 0 Å². The highest BCUT2D eigenvalue weighted by Crippen LogP contribution is 2.28. The third-order valence-electron chi connectivity index (χ3n) is 4.70. The smallest absolute Gasteiger partial charge is 0.222 e. The first-order valence-electron chi connectivity index (χ1n) is 8.02. The monoisotopic (exact) mass is 288 g/mol. The number of primary amides is 1. The fourth-order valence-corrected chi connectivity index (χ4v) is 3.60. The highest BCUT2D eigenvalue weighted by atomic mass is 16.1. The molecule has 1 saturated heterocycles. The van der Waals surface area contributed by atoms with Gasteiger partial charge in [0.15, 0.2) is 0 Å². The third-order valence-corrected chi connectivity index (χ3v) is 4.70. The van der Waals surface area contributed by atoms with Gasteiger partial charge in [-0.3, -0.25) is 4.79 Å². The van der Waals surface area contributed by atoms with Gasteiger partial charge in [0.25, 0.3) is 0 Å². The molecule has 116 valence electrons. The van der Waals surface area contributed by atoms with Crippen LogP contribution in [0.3, 0.4) is 0 Å². The van der Waals surface area contributed by atoms with Gasteiger partial charge in [-0.1, -0.05) is 45.0 Å². The van der Waals surface area contributed by atoms with Gasteiger partial charge in [-0.15, -0.1) is 0 Å². The maximum absolute atomic E-state index is 11.8. The second kappa shape index (κ2) is 6.61. The highest BCUT2D eigenvalue weighted by molar-refractivity contribution is 5.78. The molecule has 3 N–H and O–H groups in total. The summed E-state index contributed by atoms with van der Waals surface area (Å²) in [5.41, 5.74) is 8.25. The summed E-state index contributed by atoms with van der Waals surface area (Å²) in [7, 11) is 0. The van der Waals surface area contributed by atoms with E-state index in [4.69, 9.17) is 5.73 Å². The number of piperidine rings is 1. The summed E-state index contributed by atoms with van der Waals surface area (Å²) in [6, 6.07) is 9.32. The van der Waals surface area contributed by atoms with Crippen LogP contribution in [0, 0.1) is 11.8 Å². The van der Waals surface area contributed by atoms with Crippen molar-refractivity contribution in [2.75, 3.05) is 0 Å². The lowest BCUT2D eigenvalue weighted by molar-refractivity contribution is -0.125. The van der Waals surface area contributed by atoms with E-state index in [-0.39, 0.29) is 17.9 Å². The molecule has 0 spiro atoms. The van der Waals surface area contributed by atoms with Gasteiger partial charge in [-0.05, 0) is 42.7 Å². The summed E-state index contributed by atoms with van der Waals surface area (Å²) in [5.74, 6) is 0.639. The van der Waals surface area contributed by atoms with Crippen molar-refractivity contribution in [2.24, 2.45) is 17.6 Å². The summed E-state index contributed by atoms with van der Waals surface area (Å²) < 4.78 is 0. The summed E-state index contributed by atoms with van der Waals surface area (Å²) in [5, 5.41) is 3.56. The lowest BCUT2D eigenvalue weighted by Gasteiger charge is -2.39. The number of nitrogens with one attached hydrogen (secondary N) is 1. The Bertz CT molecular complexity index is 480.